The van der Waals surface area contributed by atoms with Gasteiger partial charge in [0.2, 0.25) is 5.91 Å². The van der Waals surface area contributed by atoms with E-state index in [0.717, 1.165) is 29.7 Å². The van der Waals surface area contributed by atoms with E-state index in [4.69, 9.17) is 16.3 Å². The maximum Gasteiger partial charge on any atom is 0.224 e. The van der Waals surface area contributed by atoms with Crippen molar-refractivity contribution in [2.75, 3.05) is 12.4 Å². The Balaban J connectivity index is 1.51. The van der Waals surface area contributed by atoms with Crippen molar-refractivity contribution in [3.05, 3.63) is 53.3 Å². The molecule has 1 heterocycles. The third-order valence-electron chi connectivity index (χ3n) is 3.69. The SMILES string of the molecule is COc1ccc(NC(=O)CCCc2nc3ccccc3[nH]2)cc1Cl. The number of carbonyl (C=O) groups is 1. The predicted molar refractivity (Wildman–Crippen MR) is 95.7 cm³/mol. The van der Waals surface area contributed by atoms with Crippen LogP contribution in [0.4, 0.5) is 5.69 Å². The van der Waals surface area contributed by atoms with Gasteiger partial charge in [-0.2, -0.15) is 0 Å². The van der Waals surface area contributed by atoms with Gasteiger partial charge in [-0.05, 0) is 36.8 Å². The number of imidazole rings is 1. The van der Waals surface area contributed by atoms with Gasteiger partial charge in [-0.25, -0.2) is 4.98 Å². The van der Waals surface area contributed by atoms with Crippen molar-refractivity contribution >= 4 is 34.2 Å². The molecule has 2 aromatic carbocycles. The van der Waals surface area contributed by atoms with Gasteiger partial charge in [-0.3, -0.25) is 4.79 Å². The molecule has 24 heavy (non-hydrogen) atoms. The molecule has 0 fully saturated rings. The first-order valence-corrected chi connectivity index (χ1v) is 8.10. The standard InChI is InChI=1S/C18H18ClN3O2/c1-24-16-10-9-12(11-13(16)19)20-18(23)8-4-7-17-21-14-5-2-3-6-15(14)22-17/h2-3,5-6,9-11H,4,7-8H2,1H3,(H,20,23)(H,21,22). The summed E-state index contributed by atoms with van der Waals surface area (Å²) in [7, 11) is 1.55. The quantitative estimate of drug-likeness (QED) is 0.705. The largest absolute Gasteiger partial charge is 0.495 e. The summed E-state index contributed by atoms with van der Waals surface area (Å²) in [6.45, 7) is 0. The molecular weight excluding hydrogens is 326 g/mol. The lowest BCUT2D eigenvalue weighted by molar-refractivity contribution is -0.116. The smallest absolute Gasteiger partial charge is 0.224 e. The normalized spacial score (nSPS) is 10.8. The number of rotatable bonds is 6. The number of aromatic nitrogens is 2. The van der Waals surface area contributed by atoms with Crippen molar-refractivity contribution in [1.82, 2.24) is 9.97 Å². The Morgan fingerprint density at radius 3 is 2.88 bits per heavy atom. The average molecular weight is 344 g/mol. The maximum atomic E-state index is 12.0. The van der Waals surface area contributed by atoms with E-state index in [-0.39, 0.29) is 5.91 Å². The van der Waals surface area contributed by atoms with Crippen molar-refractivity contribution in [2.45, 2.75) is 19.3 Å². The van der Waals surface area contributed by atoms with E-state index in [2.05, 4.69) is 15.3 Å². The Bertz CT molecular complexity index is 827. The van der Waals surface area contributed by atoms with Crippen LogP contribution in [0, 0.1) is 0 Å². The zero-order valence-corrected chi connectivity index (χ0v) is 14.1. The number of para-hydroxylation sites is 2. The highest BCUT2D eigenvalue weighted by Crippen LogP contribution is 2.27. The number of benzene rings is 2. The second-order valence-corrected chi connectivity index (χ2v) is 5.86. The highest BCUT2D eigenvalue weighted by Gasteiger charge is 2.07. The van der Waals surface area contributed by atoms with Crippen LogP contribution in [0.3, 0.4) is 0 Å². The van der Waals surface area contributed by atoms with Crippen LogP contribution < -0.4 is 10.1 Å². The van der Waals surface area contributed by atoms with E-state index in [0.29, 0.717) is 22.9 Å². The Hall–Kier alpha value is -2.53. The highest BCUT2D eigenvalue weighted by molar-refractivity contribution is 6.32. The summed E-state index contributed by atoms with van der Waals surface area (Å²) in [5.41, 5.74) is 2.63. The van der Waals surface area contributed by atoms with Crippen LogP contribution >= 0.6 is 11.6 Å². The van der Waals surface area contributed by atoms with Crippen molar-refractivity contribution in [3.63, 3.8) is 0 Å². The number of hydrogen-bond acceptors (Lipinski definition) is 3. The molecule has 3 aromatic rings. The highest BCUT2D eigenvalue weighted by atomic mass is 35.5. The zero-order chi connectivity index (χ0) is 16.9. The molecule has 0 spiro atoms. The number of anilines is 1. The van der Waals surface area contributed by atoms with E-state index in [1.807, 2.05) is 24.3 Å². The summed E-state index contributed by atoms with van der Waals surface area (Å²) >= 11 is 6.05. The Labute approximate surface area is 145 Å². The molecule has 0 radical (unpaired) electrons. The molecule has 0 saturated carbocycles. The van der Waals surface area contributed by atoms with Gasteiger partial charge in [0, 0.05) is 18.5 Å². The number of fused-ring (bicyclic) bond motifs is 1. The lowest BCUT2D eigenvalue weighted by Gasteiger charge is -2.07. The van der Waals surface area contributed by atoms with Gasteiger partial charge in [-0.1, -0.05) is 23.7 Å². The van der Waals surface area contributed by atoms with Crippen molar-refractivity contribution in [3.8, 4) is 5.75 Å². The van der Waals surface area contributed by atoms with Gasteiger partial charge in [0.25, 0.3) is 0 Å². The van der Waals surface area contributed by atoms with E-state index in [1.165, 1.54) is 0 Å². The molecule has 5 nitrogen and oxygen atoms in total. The minimum absolute atomic E-state index is 0.0488. The van der Waals surface area contributed by atoms with Gasteiger partial charge in [0.05, 0.1) is 23.2 Å². The average Bonchev–Trinajstić information content (AvgIpc) is 2.97. The topological polar surface area (TPSA) is 67.0 Å². The summed E-state index contributed by atoms with van der Waals surface area (Å²) in [6.07, 6.45) is 1.86. The predicted octanol–water partition coefficient (Wildman–Crippen LogP) is 4.19. The fourth-order valence-electron chi connectivity index (χ4n) is 2.51. The minimum Gasteiger partial charge on any atom is -0.495 e. The summed E-state index contributed by atoms with van der Waals surface area (Å²) < 4.78 is 5.09. The second-order valence-electron chi connectivity index (χ2n) is 5.45. The van der Waals surface area contributed by atoms with Gasteiger partial charge in [0.15, 0.2) is 0 Å². The molecule has 0 atom stereocenters. The molecule has 0 saturated heterocycles. The minimum atomic E-state index is -0.0488. The molecule has 0 aliphatic heterocycles. The zero-order valence-electron chi connectivity index (χ0n) is 13.3. The molecule has 3 rings (SSSR count). The molecular formula is C18H18ClN3O2. The van der Waals surface area contributed by atoms with Crippen LogP contribution in [-0.2, 0) is 11.2 Å². The molecule has 6 heteroatoms. The molecule has 124 valence electrons. The van der Waals surface area contributed by atoms with Gasteiger partial charge in [-0.15, -0.1) is 0 Å². The molecule has 1 amide bonds. The Morgan fingerprint density at radius 2 is 2.12 bits per heavy atom. The summed E-state index contributed by atoms with van der Waals surface area (Å²) in [6, 6.07) is 13.1. The van der Waals surface area contributed by atoms with E-state index >= 15 is 0 Å². The molecule has 0 aliphatic carbocycles. The lowest BCUT2D eigenvalue weighted by Crippen LogP contribution is -2.11. The Kier molecular flexibility index (Phi) is 5.01. The number of ether oxygens (including phenoxy) is 1. The second kappa shape index (κ2) is 7.36. The first-order chi connectivity index (χ1) is 11.7. The maximum absolute atomic E-state index is 12.0. The van der Waals surface area contributed by atoms with Gasteiger partial charge < -0.3 is 15.0 Å². The van der Waals surface area contributed by atoms with Crippen LogP contribution in [0.25, 0.3) is 11.0 Å². The number of methoxy groups -OCH3 is 1. The summed E-state index contributed by atoms with van der Waals surface area (Å²) in [4.78, 5) is 19.8. The third kappa shape index (κ3) is 3.86. The first kappa shape index (κ1) is 16.3. The number of hydrogen-bond donors (Lipinski definition) is 2. The Morgan fingerprint density at radius 1 is 1.29 bits per heavy atom. The van der Waals surface area contributed by atoms with Crippen molar-refractivity contribution in [1.29, 1.82) is 0 Å². The fraction of sp³-hybridized carbons (Fsp3) is 0.222. The third-order valence-corrected chi connectivity index (χ3v) is 3.99. The molecule has 0 aliphatic rings. The number of aryl methyl sites for hydroxylation is 1. The molecule has 0 unspecified atom stereocenters. The first-order valence-electron chi connectivity index (χ1n) is 7.73. The van der Waals surface area contributed by atoms with Crippen LogP contribution in [0.2, 0.25) is 5.02 Å². The monoisotopic (exact) mass is 343 g/mol. The van der Waals surface area contributed by atoms with Crippen LogP contribution in [0.5, 0.6) is 5.75 Å². The van der Waals surface area contributed by atoms with E-state index in [9.17, 15) is 4.79 Å². The number of H-pyrrole nitrogens is 1. The van der Waals surface area contributed by atoms with Gasteiger partial charge >= 0.3 is 0 Å². The number of halogens is 1. The van der Waals surface area contributed by atoms with Crippen LogP contribution in [0.1, 0.15) is 18.7 Å². The summed E-state index contributed by atoms with van der Waals surface area (Å²) in [5.74, 6) is 1.43. The van der Waals surface area contributed by atoms with Crippen molar-refractivity contribution in [2.24, 2.45) is 0 Å². The number of nitrogens with zero attached hydrogens (tertiary/aromatic N) is 1. The van der Waals surface area contributed by atoms with Crippen LogP contribution in [0.15, 0.2) is 42.5 Å². The van der Waals surface area contributed by atoms with Crippen LogP contribution in [-0.4, -0.2) is 23.0 Å². The number of carbonyl (C=O) groups excluding carboxylic acids is 1. The fourth-order valence-corrected chi connectivity index (χ4v) is 2.77. The van der Waals surface area contributed by atoms with E-state index < -0.39 is 0 Å². The molecule has 0 bridgehead atoms. The van der Waals surface area contributed by atoms with Crippen molar-refractivity contribution < 1.29 is 9.53 Å². The van der Waals surface area contributed by atoms with Gasteiger partial charge in [0.1, 0.15) is 11.6 Å². The van der Waals surface area contributed by atoms with E-state index in [1.54, 1.807) is 25.3 Å². The summed E-state index contributed by atoms with van der Waals surface area (Å²) in [5, 5.41) is 3.31. The number of nitrogens with one attached hydrogen (secondary N) is 2. The molecule has 2 N–H and O–H groups in total. The number of aromatic amines is 1. The lowest BCUT2D eigenvalue weighted by atomic mass is 10.2. The number of amides is 1. The molecule has 1 aromatic heterocycles.